The average Bonchev–Trinajstić information content (AvgIpc) is 3.50. The van der Waals surface area contributed by atoms with E-state index in [0.29, 0.717) is 6.42 Å². The number of ether oxygens (including phenoxy) is 1. The Morgan fingerprint density at radius 1 is 1.08 bits per heavy atom. The van der Waals surface area contributed by atoms with Crippen molar-refractivity contribution in [1.82, 2.24) is 19.9 Å². The quantitative estimate of drug-likeness (QED) is 0.304. The molecule has 6 nitrogen and oxygen atoms in total. The first kappa shape index (κ1) is 23.4. The van der Waals surface area contributed by atoms with Crippen LogP contribution >= 0.6 is 0 Å². The number of amides is 1. The molecule has 2 N–H and O–H groups in total. The Kier molecular flexibility index (Phi) is 6.54. The number of rotatable bonds is 8. The standard InChI is InChI=1S/C29H27FN4O2/c1-34-18-17-31-29(34)28(20-9-13-22(36-2)14-10-20)33-26(35)16-15-24-23-5-3-4-6-25(23)32-27(24)19-7-11-21(30)12-8-19/h3-14,17-18,28,32H,15-16H2,1-2H3,(H,33,35). The molecule has 0 aliphatic carbocycles. The second kappa shape index (κ2) is 10.1. The molecule has 5 rings (SSSR count). The number of aromatic nitrogens is 3. The normalized spacial score (nSPS) is 12.0. The number of nitrogens with one attached hydrogen (secondary N) is 2. The molecule has 3 aromatic carbocycles. The molecular weight excluding hydrogens is 455 g/mol. The molecule has 2 heterocycles. The number of carbonyl (C=O) groups excluding carboxylic acids is 1. The van der Waals surface area contributed by atoms with Crippen LogP contribution in [0.2, 0.25) is 0 Å². The van der Waals surface area contributed by atoms with Gasteiger partial charge in [0.25, 0.3) is 0 Å². The summed E-state index contributed by atoms with van der Waals surface area (Å²) in [5, 5.41) is 4.22. The largest absolute Gasteiger partial charge is 0.497 e. The minimum atomic E-state index is -0.400. The molecule has 0 saturated heterocycles. The lowest BCUT2D eigenvalue weighted by Gasteiger charge is -2.19. The number of halogens is 1. The Bertz CT molecular complexity index is 1490. The highest BCUT2D eigenvalue weighted by Gasteiger charge is 2.22. The van der Waals surface area contributed by atoms with Crippen LogP contribution in [0.5, 0.6) is 5.75 Å². The lowest BCUT2D eigenvalue weighted by atomic mass is 10.0. The van der Waals surface area contributed by atoms with Gasteiger partial charge in [-0.3, -0.25) is 4.79 Å². The zero-order valence-corrected chi connectivity index (χ0v) is 20.2. The number of aryl methyl sites for hydroxylation is 2. The van der Waals surface area contributed by atoms with Crippen LogP contribution in [0.15, 0.2) is 85.2 Å². The summed E-state index contributed by atoms with van der Waals surface area (Å²) in [7, 11) is 3.53. The highest BCUT2D eigenvalue weighted by molar-refractivity contribution is 5.91. The van der Waals surface area contributed by atoms with E-state index in [-0.39, 0.29) is 18.1 Å². The van der Waals surface area contributed by atoms with E-state index in [0.717, 1.165) is 44.9 Å². The number of imidazole rings is 1. The number of carbonyl (C=O) groups is 1. The molecule has 0 fully saturated rings. The molecule has 5 aromatic rings. The number of methoxy groups -OCH3 is 1. The minimum absolute atomic E-state index is 0.0887. The monoisotopic (exact) mass is 482 g/mol. The van der Waals surface area contributed by atoms with Gasteiger partial charge in [0.2, 0.25) is 5.91 Å². The van der Waals surface area contributed by atoms with Gasteiger partial charge in [-0.1, -0.05) is 30.3 Å². The molecule has 0 saturated carbocycles. The molecule has 36 heavy (non-hydrogen) atoms. The van der Waals surface area contributed by atoms with Crippen molar-refractivity contribution in [2.24, 2.45) is 7.05 Å². The van der Waals surface area contributed by atoms with Crippen LogP contribution in [0.1, 0.15) is 29.4 Å². The summed E-state index contributed by atoms with van der Waals surface area (Å²) in [6.45, 7) is 0. The van der Waals surface area contributed by atoms with E-state index < -0.39 is 6.04 Å². The summed E-state index contributed by atoms with van der Waals surface area (Å²) in [4.78, 5) is 21.2. The summed E-state index contributed by atoms with van der Waals surface area (Å²) in [5.41, 5.74) is 4.71. The fourth-order valence-corrected chi connectivity index (χ4v) is 4.54. The topological polar surface area (TPSA) is 71.9 Å². The van der Waals surface area contributed by atoms with Gasteiger partial charge in [-0.15, -0.1) is 0 Å². The van der Waals surface area contributed by atoms with Crippen LogP contribution in [0, 0.1) is 5.82 Å². The first-order valence-electron chi connectivity index (χ1n) is 11.8. The fourth-order valence-electron chi connectivity index (χ4n) is 4.54. The van der Waals surface area contributed by atoms with Crippen molar-refractivity contribution in [3.8, 4) is 17.0 Å². The maximum absolute atomic E-state index is 13.5. The van der Waals surface area contributed by atoms with E-state index in [1.807, 2.05) is 66.3 Å². The number of aromatic amines is 1. The third-order valence-corrected chi connectivity index (χ3v) is 6.42. The summed E-state index contributed by atoms with van der Waals surface area (Å²) in [6.07, 6.45) is 4.39. The Morgan fingerprint density at radius 3 is 2.53 bits per heavy atom. The first-order chi connectivity index (χ1) is 17.5. The van der Waals surface area contributed by atoms with Crippen molar-refractivity contribution in [3.05, 3.63) is 108 Å². The Balaban J connectivity index is 1.40. The van der Waals surface area contributed by atoms with Crippen LogP contribution in [0.3, 0.4) is 0 Å². The minimum Gasteiger partial charge on any atom is -0.497 e. The molecule has 0 bridgehead atoms. The second-order valence-electron chi connectivity index (χ2n) is 8.70. The van der Waals surface area contributed by atoms with E-state index >= 15 is 0 Å². The van der Waals surface area contributed by atoms with E-state index in [9.17, 15) is 9.18 Å². The number of benzene rings is 3. The molecule has 1 unspecified atom stereocenters. The van der Waals surface area contributed by atoms with E-state index in [1.54, 1.807) is 25.4 Å². The third-order valence-electron chi connectivity index (χ3n) is 6.42. The van der Waals surface area contributed by atoms with Gasteiger partial charge < -0.3 is 19.6 Å². The van der Waals surface area contributed by atoms with Crippen LogP contribution in [0.4, 0.5) is 4.39 Å². The smallest absolute Gasteiger partial charge is 0.221 e. The van der Waals surface area contributed by atoms with Crippen LogP contribution in [0.25, 0.3) is 22.2 Å². The van der Waals surface area contributed by atoms with Crippen molar-refractivity contribution < 1.29 is 13.9 Å². The lowest BCUT2D eigenvalue weighted by Crippen LogP contribution is -2.31. The molecule has 0 aliphatic rings. The van der Waals surface area contributed by atoms with Gasteiger partial charge >= 0.3 is 0 Å². The molecule has 182 valence electrons. The molecular formula is C29H27FN4O2. The zero-order valence-electron chi connectivity index (χ0n) is 20.2. The Hall–Kier alpha value is -4.39. The summed E-state index contributed by atoms with van der Waals surface area (Å²) < 4.78 is 20.7. The Labute approximate surface area is 208 Å². The van der Waals surface area contributed by atoms with Gasteiger partial charge in [0.05, 0.1) is 7.11 Å². The maximum atomic E-state index is 13.5. The molecule has 2 aromatic heterocycles. The van der Waals surface area contributed by atoms with Gasteiger partial charge in [-0.05, 0) is 65.6 Å². The van der Waals surface area contributed by atoms with Gasteiger partial charge in [0.1, 0.15) is 23.4 Å². The molecule has 0 radical (unpaired) electrons. The fraction of sp³-hybridized carbons (Fsp3) is 0.172. The lowest BCUT2D eigenvalue weighted by molar-refractivity contribution is -0.121. The molecule has 1 amide bonds. The van der Waals surface area contributed by atoms with Crippen molar-refractivity contribution >= 4 is 16.8 Å². The average molecular weight is 483 g/mol. The Morgan fingerprint density at radius 2 is 1.83 bits per heavy atom. The summed E-state index contributed by atoms with van der Waals surface area (Å²) >= 11 is 0. The SMILES string of the molecule is COc1ccc(C(NC(=O)CCc2c(-c3ccc(F)cc3)[nH]c3ccccc23)c2nccn2C)cc1. The number of fused-ring (bicyclic) bond motifs is 1. The zero-order chi connectivity index (χ0) is 25.1. The number of hydrogen-bond acceptors (Lipinski definition) is 3. The van der Waals surface area contributed by atoms with E-state index in [1.165, 1.54) is 12.1 Å². The molecule has 7 heteroatoms. The van der Waals surface area contributed by atoms with Gasteiger partial charge in [0, 0.05) is 42.5 Å². The molecule has 0 aliphatic heterocycles. The highest BCUT2D eigenvalue weighted by Crippen LogP contribution is 2.32. The van der Waals surface area contributed by atoms with Gasteiger partial charge in [-0.25, -0.2) is 9.37 Å². The number of hydrogen-bond donors (Lipinski definition) is 2. The van der Waals surface area contributed by atoms with Crippen molar-refractivity contribution in [3.63, 3.8) is 0 Å². The summed E-state index contributed by atoms with van der Waals surface area (Å²) in [5.74, 6) is 1.12. The van der Waals surface area contributed by atoms with E-state index in [4.69, 9.17) is 4.74 Å². The maximum Gasteiger partial charge on any atom is 0.221 e. The van der Waals surface area contributed by atoms with E-state index in [2.05, 4.69) is 15.3 Å². The summed E-state index contributed by atoms with van der Waals surface area (Å²) in [6, 6.07) is 21.6. The molecule has 0 spiro atoms. The number of nitrogens with zero attached hydrogens (tertiary/aromatic N) is 2. The van der Waals surface area contributed by atoms with Crippen LogP contribution in [-0.2, 0) is 18.3 Å². The third kappa shape index (κ3) is 4.73. The van der Waals surface area contributed by atoms with Gasteiger partial charge in [-0.2, -0.15) is 0 Å². The van der Waals surface area contributed by atoms with Crippen molar-refractivity contribution in [1.29, 1.82) is 0 Å². The van der Waals surface area contributed by atoms with Crippen molar-refractivity contribution in [2.75, 3.05) is 7.11 Å². The highest BCUT2D eigenvalue weighted by atomic mass is 19.1. The predicted molar refractivity (Wildman–Crippen MR) is 138 cm³/mol. The number of H-pyrrole nitrogens is 1. The first-order valence-corrected chi connectivity index (χ1v) is 11.8. The van der Waals surface area contributed by atoms with Crippen LogP contribution < -0.4 is 10.1 Å². The van der Waals surface area contributed by atoms with Crippen LogP contribution in [-0.4, -0.2) is 27.6 Å². The number of para-hydroxylation sites is 1. The van der Waals surface area contributed by atoms with Gasteiger partial charge in [0.15, 0.2) is 0 Å². The predicted octanol–water partition coefficient (Wildman–Crippen LogP) is 5.55. The second-order valence-corrected chi connectivity index (χ2v) is 8.70. The molecule has 1 atom stereocenters. The van der Waals surface area contributed by atoms with Crippen molar-refractivity contribution in [2.45, 2.75) is 18.9 Å².